The summed E-state index contributed by atoms with van der Waals surface area (Å²) in [7, 11) is 3.70. The van der Waals surface area contributed by atoms with E-state index < -0.39 is 0 Å². The number of hydrogen-bond donors (Lipinski definition) is 0. The first kappa shape index (κ1) is 11.8. The lowest BCUT2D eigenvalue weighted by Crippen LogP contribution is -2.31. The average molecular weight is 230 g/mol. The molecule has 0 radical (unpaired) electrons. The van der Waals surface area contributed by atoms with Gasteiger partial charge >= 0.3 is 0 Å². The minimum Gasteiger partial charge on any atom is -0.497 e. The highest BCUT2D eigenvalue weighted by molar-refractivity contribution is 5.62. The third kappa shape index (κ3) is 2.36. The predicted octanol–water partition coefficient (Wildman–Crippen LogP) is 2.80. The van der Waals surface area contributed by atoms with Crippen molar-refractivity contribution in [3.05, 3.63) is 23.8 Å². The molecule has 3 heteroatoms. The largest absolute Gasteiger partial charge is 0.497 e. The lowest BCUT2D eigenvalue weighted by Gasteiger charge is -2.28. The van der Waals surface area contributed by atoms with Crippen LogP contribution in [0.5, 0.6) is 5.75 Å². The predicted molar refractivity (Wildman–Crippen MR) is 68.3 cm³/mol. The maximum Gasteiger partial charge on any atom is 0.121 e. The van der Waals surface area contributed by atoms with E-state index in [1.165, 1.54) is 12.8 Å². The Labute approximate surface area is 103 Å². The standard InChI is InChI=1S/C14H18N2O/c1-10(11-4-5-11)16(2)14-8-13(17-3)7-6-12(14)9-15/h6-8,10-11H,4-5H2,1-3H3. The molecule has 0 N–H and O–H groups in total. The van der Waals surface area contributed by atoms with Crippen LogP contribution in [0.2, 0.25) is 0 Å². The SMILES string of the molecule is COc1ccc(C#N)c(N(C)C(C)C2CC2)c1. The van der Waals surface area contributed by atoms with Gasteiger partial charge in [0.1, 0.15) is 11.8 Å². The Morgan fingerprint density at radius 2 is 2.18 bits per heavy atom. The zero-order valence-electron chi connectivity index (χ0n) is 10.6. The van der Waals surface area contributed by atoms with Gasteiger partial charge in [-0.25, -0.2) is 0 Å². The second-order valence-electron chi connectivity index (χ2n) is 4.68. The van der Waals surface area contributed by atoms with Gasteiger partial charge in [0.05, 0.1) is 18.4 Å². The number of methoxy groups -OCH3 is 1. The van der Waals surface area contributed by atoms with Crippen molar-refractivity contribution in [1.82, 2.24) is 0 Å². The summed E-state index contributed by atoms with van der Waals surface area (Å²) in [4.78, 5) is 2.19. The molecular weight excluding hydrogens is 212 g/mol. The highest BCUT2D eigenvalue weighted by Crippen LogP contribution is 2.37. The van der Waals surface area contributed by atoms with Gasteiger partial charge in [-0.3, -0.25) is 0 Å². The Morgan fingerprint density at radius 3 is 2.71 bits per heavy atom. The molecule has 0 aliphatic heterocycles. The lowest BCUT2D eigenvalue weighted by molar-refractivity contribution is 0.414. The van der Waals surface area contributed by atoms with Gasteiger partial charge in [-0.2, -0.15) is 5.26 Å². The van der Waals surface area contributed by atoms with Gasteiger partial charge in [0, 0.05) is 19.2 Å². The maximum atomic E-state index is 9.15. The number of hydrogen-bond acceptors (Lipinski definition) is 3. The fourth-order valence-electron chi connectivity index (χ4n) is 2.14. The summed E-state index contributed by atoms with van der Waals surface area (Å²) < 4.78 is 5.22. The Bertz CT molecular complexity index is 446. The van der Waals surface area contributed by atoms with E-state index in [0.29, 0.717) is 11.6 Å². The van der Waals surface area contributed by atoms with Crippen molar-refractivity contribution in [2.24, 2.45) is 5.92 Å². The number of nitriles is 1. The van der Waals surface area contributed by atoms with Crippen LogP contribution in [0, 0.1) is 17.2 Å². The van der Waals surface area contributed by atoms with Crippen molar-refractivity contribution in [3.8, 4) is 11.8 Å². The van der Waals surface area contributed by atoms with Crippen molar-refractivity contribution in [3.63, 3.8) is 0 Å². The Morgan fingerprint density at radius 1 is 1.47 bits per heavy atom. The van der Waals surface area contributed by atoms with Crippen LogP contribution >= 0.6 is 0 Å². The van der Waals surface area contributed by atoms with E-state index in [1.807, 2.05) is 18.2 Å². The van der Waals surface area contributed by atoms with Gasteiger partial charge in [0.15, 0.2) is 0 Å². The van der Waals surface area contributed by atoms with E-state index in [1.54, 1.807) is 7.11 Å². The number of rotatable bonds is 4. The first-order chi connectivity index (χ1) is 8.17. The van der Waals surface area contributed by atoms with Crippen LogP contribution in [0.3, 0.4) is 0 Å². The molecule has 2 rings (SSSR count). The molecule has 1 aliphatic carbocycles. The van der Waals surface area contributed by atoms with E-state index in [2.05, 4.69) is 24.9 Å². The number of nitrogens with zero attached hydrogens (tertiary/aromatic N) is 2. The summed E-state index contributed by atoms with van der Waals surface area (Å²) in [5, 5.41) is 9.15. The van der Waals surface area contributed by atoms with Crippen molar-refractivity contribution >= 4 is 5.69 Å². The van der Waals surface area contributed by atoms with Gasteiger partial charge < -0.3 is 9.64 Å². The molecule has 3 nitrogen and oxygen atoms in total. The molecule has 0 amide bonds. The summed E-state index contributed by atoms with van der Waals surface area (Å²) >= 11 is 0. The quantitative estimate of drug-likeness (QED) is 0.798. The molecule has 0 bridgehead atoms. The van der Waals surface area contributed by atoms with Gasteiger partial charge in [-0.05, 0) is 37.8 Å². The van der Waals surface area contributed by atoms with E-state index in [-0.39, 0.29) is 0 Å². The van der Waals surface area contributed by atoms with Crippen LogP contribution in [0.25, 0.3) is 0 Å². The van der Waals surface area contributed by atoms with Crippen LogP contribution in [0.4, 0.5) is 5.69 Å². The zero-order chi connectivity index (χ0) is 12.4. The normalized spacial score (nSPS) is 16.1. The Balaban J connectivity index is 2.31. The summed E-state index contributed by atoms with van der Waals surface area (Å²) in [5.41, 5.74) is 1.67. The molecule has 1 saturated carbocycles. The van der Waals surface area contributed by atoms with Crippen molar-refractivity contribution in [2.75, 3.05) is 19.1 Å². The van der Waals surface area contributed by atoms with Crippen LogP contribution in [-0.2, 0) is 0 Å². The molecule has 0 heterocycles. The van der Waals surface area contributed by atoms with E-state index in [9.17, 15) is 0 Å². The van der Waals surface area contributed by atoms with Gasteiger partial charge in [-0.1, -0.05) is 0 Å². The van der Waals surface area contributed by atoms with Crippen molar-refractivity contribution in [2.45, 2.75) is 25.8 Å². The molecule has 90 valence electrons. The van der Waals surface area contributed by atoms with Crippen LogP contribution in [-0.4, -0.2) is 20.2 Å². The molecule has 1 fully saturated rings. The molecule has 1 aromatic rings. The van der Waals surface area contributed by atoms with E-state index in [4.69, 9.17) is 10.00 Å². The molecule has 0 spiro atoms. The summed E-state index contributed by atoms with van der Waals surface area (Å²) in [6.07, 6.45) is 2.61. The first-order valence-electron chi connectivity index (χ1n) is 5.98. The van der Waals surface area contributed by atoms with Crippen LogP contribution < -0.4 is 9.64 Å². The van der Waals surface area contributed by atoms with Gasteiger partial charge in [-0.15, -0.1) is 0 Å². The van der Waals surface area contributed by atoms with Gasteiger partial charge in [0.2, 0.25) is 0 Å². The minimum atomic E-state index is 0.481. The second kappa shape index (κ2) is 4.67. The zero-order valence-corrected chi connectivity index (χ0v) is 10.6. The third-order valence-corrected chi connectivity index (χ3v) is 3.62. The monoisotopic (exact) mass is 230 g/mol. The average Bonchev–Trinajstić information content (AvgIpc) is 3.20. The van der Waals surface area contributed by atoms with Crippen LogP contribution in [0.15, 0.2) is 18.2 Å². The first-order valence-corrected chi connectivity index (χ1v) is 5.98. The molecule has 1 atom stereocenters. The molecule has 1 aromatic carbocycles. The molecule has 17 heavy (non-hydrogen) atoms. The summed E-state index contributed by atoms with van der Waals surface area (Å²) in [6.45, 7) is 2.22. The summed E-state index contributed by atoms with van der Waals surface area (Å²) in [6, 6.07) is 8.32. The second-order valence-corrected chi connectivity index (χ2v) is 4.68. The van der Waals surface area contributed by atoms with E-state index in [0.717, 1.165) is 17.4 Å². The highest BCUT2D eigenvalue weighted by atomic mass is 16.5. The smallest absolute Gasteiger partial charge is 0.121 e. The molecule has 0 aromatic heterocycles. The fraction of sp³-hybridized carbons (Fsp3) is 0.500. The third-order valence-electron chi connectivity index (χ3n) is 3.62. The molecular formula is C14H18N2O. The topological polar surface area (TPSA) is 36.3 Å². The lowest BCUT2D eigenvalue weighted by atomic mass is 10.1. The Kier molecular flexibility index (Phi) is 3.23. The molecule has 0 saturated heterocycles. The fourth-order valence-corrected chi connectivity index (χ4v) is 2.14. The minimum absolute atomic E-state index is 0.481. The number of anilines is 1. The van der Waals surface area contributed by atoms with Crippen LogP contribution in [0.1, 0.15) is 25.3 Å². The van der Waals surface area contributed by atoms with Gasteiger partial charge in [0.25, 0.3) is 0 Å². The number of benzene rings is 1. The summed E-state index contributed by atoms with van der Waals surface area (Å²) in [5.74, 6) is 1.58. The van der Waals surface area contributed by atoms with Crippen molar-refractivity contribution < 1.29 is 4.74 Å². The molecule has 1 unspecified atom stereocenters. The van der Waals surface area contributed by atoms with Crippen molar-refractivity contribution in [1.29, 1.82) is 5.26 Å². The number of ether oxygens (including phenoxy) is 1. The maximum absolute atomic E-state index is 9.15. The highest BCUT2D eigenvalue weighted by Gasteiger charge is 2.31. The molecule has 1 aliphatic rings. The Hall–Kier alpha value is -1.69. The van der Waals surface area contributed by atoms with E-state index >= 15 is 0 Å².